The lowest BCUT2D eigenvalue weighted by Gasteiger charge is -2.08. The van der Waals surface area contributed by atoms with Gasteiger partial charge >= 0.3 is 11.4 Å². The molecule has 32 heavy (non-hydrogen) atoms. The van der Waals surface area contributed by atoms with Gasteiger partial charge < -0.3 is 10.6 Å². The number of rotatable bonds is 6. The summed E-state index contributed by atoms with van der Waals surface area (Å²) in [6, 6.07) is 11.0. The molecule has 0 spiro atoms. The minimum Gasteiger partial charge on any atom is -0.322 e. The zero-order chi connectivity index (χ0) is 23.4. The molecule has 3 rings (SSSR count). The van der Waals surface area contributed by atoms with Gasteiger partial charge in [0.25, 0.3) is 11.8 Å². The van der Waals surface area contributed by atoms with Gasteiger partial charge in [-0.3, -0.25) is 29.8 Å². The zero-order valence-corrected chi connectivity index (χ0v) is 15.9. The summed E-state index contributed by atoms with van der Waals surface area (Å²) in [7, 11) is 0. The third kappa shape index (κ3) is 4.87. The van der Waals surface area contributed by atoms with Gasteiger partial charge in [0.1, 0.15) is 0 Å². The van der Waals surface area contributed by atoms with Crippen molar-refractivity contribution >= 4 is 34.6 Å². The molecule has 2 amide bonds. The quantitative estimate of drug-likeness (QED) is 0.430. The second-order valence-electron chi connectivity index (χ2n) is 6.33. The number of anilines is 2. The molecule has 0 heterocycles. The van der Waals surface area contributed by atoms with Crippen molar-refractivity contribution in [2.75, 3.05) is 10.6 Å². The molecule has 0 saturated carbocycles. The van der Waals surface area contributed by atoms with E-state index in [9.17, 15) is 38.6 Å². The summed E-state index contributed by atoms with van der Waals surface area (Å²) in [4.78, 5) is 44.4. The first-order chi connectivity index (χ1) is 15.2. The largest absolute Gasteiger partial charge is 0.322 e. The number of carbonyl (C=O) groups excluding carboxylic acids is 2. The number of nitro groups is 2. The number of halogens is 2. The van der Waals surface area contributed by atoms with E-state index in [0.29, 0.717) is 0 Å². The maximum Gasteiger partial charge on any atom is 0.306 e. The van der Waals surface area contributed by atoms with Crippen LogP contribution in [0.3, 0.4) is 0 Å². The van der Waals surface area contributed by atoms with Crippen LogP contribution in [-0.4, -0.2) is 21.7 Å². The van der Waals surface area contributed by atoms with Gasteiger partial charge in [-0.15, -0.1) is 0 Å². The molecule has 0 bridgehead atoms. The van der Waals surface area contributed by atoms with Crippen LogP contribution in [0.1, 0.15) is 20.7 Å². The first-order valence-electron chi connectivity index (χ1n) is 8.76. The fourth-order valence-electron chi connectivity index (χ4n) is 2.64. The van der Waals surface area contributed by atoms with Crippen LogP contribution in [0, 0.1) is 31.9 Å². The van der Waals surface area contributed by atoms with E-state index >= 15 is 0 Å². The van der Waals surface area contributed by atoms with Crippen LogP contribution in [0.5, 0.6) is 0 Å². The molecular formula is C20H12F2N4O6. The smallest absolute Gasteiger partial charge is 0.306 e. The van der Waals surface area contributed by atoms with E-state index < -0.39 is 44.7 Å². The summed E-state index contributed by atoms with van der Waals surface area (Å²) in [5.41, 5.74) is -1.38. The van der Waals surface area contributed by atoms with Crippen molar-refractivity contribution < 1.29 is 28.2 Å². The Morgan fingerprint density at radius 1 is 0.656 bits per heavy atom. The zero-order valence-electron chi connectivity index (χ0n) is 15.9. The van der Waals surface area contributed by atoms with Crippen LogP contribution >= 0.6 is 0 Å². The van der Waals surface area contributed by atoms with E-state index in [0.717, 1.165) is 36.4 Å². The van der Waals surface area contributed by atoms with E-state index in [1.165, 1.54) is 24.3 Å². The number of nitrogens with one attached hydrogen (secondary N) is 2. The molecule has 0 aliphatic carbocycles. The third-order valence-corrected chi connectivity index (χ3v) is 4.21. The first-order valence-corrected chi connectivity index (χ1v) is 8.76. The SMILES string of the molecule is O=C(Nc1ccc(F)c([N+](=O)[O-])c1)c1ccc(C(=O)Nc2ccc(F)c([N+](=O)[O-])c2)cc1. The molecule has 12 heteroatoms. The van der Waals surface area contributed by atoms with E-state index in [2.05, 4.69) is 10.6 Å². The maximum atomic E-state index is 13.4. The van der Waals surface area contributed by atoms with Crippen molar-refractivity contribution in [3.05, 3.63) is 104 Å². The van der Waals surface area contributed by atoms with Gasteiger partial charge in [-0.25, -0.2) is 0 Å². The average molecular weight is 442 g/mol. The number of amides is 2. The number of nitro benzene ring substituents is 2. The number of hydrogen-bond acceptors (Lipinski definition) is 6. The predicted octanol–water partition coefficient (Wildman–Crippen LogP) is 4.29. The predicted molar refractivity (Wildman–Crippen MR) is 108 cm³/mol. The standard InChI is InChI=1S/C20H12F2N4O6/c21-15-7-5-13(9-17(15)25(29)30)23-19(27)11-1-2-12(4-3-11)20(28)24-14-6-8-16(22)18(10-14)26(31)32/h1-10H,(H,23,27)(H,24,28). The molecule has 2 N–H and O–H groups in total. The molecule has 3 aromatic rings. The lowest BCUT2D eigenvalue weighted by Crippen LogP contribution is -2.14. The van der Waals surface area contributed by atoms with Crippen LogP contribution in [0.4, 0.5) is 31.5 Å². The van der Waals surface area contributed by atoms with Crippen LogP contribution < -0.4 is 10.6 Å². The van der Waals surface area contributed by atoms with E-state index in [4.69, 9.17) is 0 Å². The molecule has 0 aromatic heterocycles. The Morgan fingerprint density at radius 3 is 1.31 bits per heavy atom. The van der Waals surface area contributed by atoms with Crippen molar-refractivity contribution in [2.24, 2.45) is 0 Å². The van der Waals surface area contributed by atoms with Gasteiger partial charge in [0.05, 0.1) is 9.85 Å². The Kier molecular flexibility index (Phi) is 6.14. The second-order valence-corrected chi connectivity index (χ2v) is 6.33. The third-order valence-electron chi connectivity index (χ3n) is 4.21. The molecule has 3 aromatic carbocycles. The highest BCUT2D eigenvalue weighted by Crippen LogP contribution is 2.23. The minimum absolute atomic E-state index is 0.00261. The molecule has 0 saturated heterocycles. The summed E-state index contributed by atoms with van der Waals surface area (Å²) in [5, 5.41) is 26.4. The van der Waals surface area contributed by atoms with Crippen LogP contribution in [0.15, 0.2) is 60.7 Å². The van der Waals surface area contributed by atoms with E-state index in [-0.39, 0.29) is 22.5 Å². The van der Waals surface area contributed by atoms with Gasteiger partial charge in [0, 0.05) is 34.6 Å². The van der Waals surface area contributed by atoms with E-state index in [1.54, 1.807) is 0 Å². The normalized spacial score (nSPS) is 10.3. The van der Waals surface area contributed by atoms with E-state index in [1.807, 2.05) is 0 Å². The second kappa shape index (κ2) is 8.95. The molecule has 0 fully saturated rings. The maximum absolute atomic E-state index is 13.4. The Labute approximate surface area is 177 Å². The van der Waals surface area contributed by atoms with Crippen molar-refractivity contribution in [3.63, 3.8) is 0 Å². The number of carbonyl (C=O) groups is 2. The molecule has 0 aliphatic heterocycles. The molecule has 0 radical (unpaired) electrons. The number of hydrogen-bond donors (Lipinski definition) is 2. The fraction of sp³-hybridized carbons (Fsp3) is 0. The topological polar surface area (TPSA) is 144 Å². The molecule has 10 nitrogen and oxygen atoms in total. The van der Waals surface area contributed by atoms with Crippen molar-refractivity contribution in [3.8, 4) is 0 Å². The molecule has 0 unspecified atom stereocenters. The van der Waals surface area contributed by atoms with Gasteiger partial charge in [-0.2, -0.15) is 8.78 Å². The molecular weight excluding hydrogens is 430 g/mol. The highest BCUT2D eigenvalue weighted by Gasteiger charge is 2.17. The van der Waals surface area contributed by atoms with Gasteiger partial charge in [0.15, 0.2) is 0 Å². The lowest BCUT2D eigenvalue weighted by atomic mass is 10.1. The monoisotopic (exact) mass is 442 g/mol. The van der Waals surface area contributed by atoms with Crippen LogP contribution in [-0.2, 0) is 0 Å². The summed E-state index contributed by atoms with van der Waals surface area (Å²) in [6.45, 7) is 0. The Balaban J connectivity index is 1.70. The summed E-state index contributed by atoms with van der Waals surface area (Å²) in [5.74, 6) is -3.41. The van der Waals surface area contributed by atoms with Crippen molar-refractivity contribution in [1.29, 1.82) is 0 Å². The van der Waals surface area contributed by atoms with Gasteiger partial charge in [-0.05, 0) is 48.5 Å². The first kappa shape index (κ1) is 22.0. The van der Waals surface area contributed by atoms with Crippen molar-refractivity contribution in [2.45, 2.75) is 0 Å². The Morgan fingerprint density at radius 2 is 1.00 bits per heavy atom. The highest BCUT2D eigenvalue weighted by atomic mass is 19.1. The number of nitrogens with zero attached hydrogens (tertiary/aromatic N) is 2. The lowest BCUT2D eigenvalue weighted by molar-refractivity contribution is -0.387. The molecule has 0 atom stereocenters. The Hall–Kier alpha value is -4.74. The minimum atomic E-state index is -1.05. The average Bonchev–Trinajstić information content (AvgIpc) is 2.76. The Bertz CT molecular complexity index is 1150. The summed E-state index contributed by atoms with van der Waals surface area (Å²) >= 11 is 0. The summed E-state index contributed by atoms with van der Waals surface area (Å²) < 4.78 is 26.8. The molecule has 162 valence electrons. The van der Waals surface area contributed by atoms with Crippen LogP contribution in [0.25, 0.3) is 0 Å². The summed E-state index contributed by atoms with van der Waals surface area (Å²) in [6.07, 6.45) is 0. The fourth-order valence-corrected chi connectivity index (χ4v) is 2.64. The van der Waals surface area contributed by atoms with Gasteiger partial charge in [-0.1, -0.05) is 0 Å². The highest BCUT2D eigenvalue weighted by molar-refractivity contribution is 6.07. The number of benzene rings is 3. The van der Waals surface area contributed by atoms with Gasteiger partial charge in [0.2, 0.25) is 11.6 Å². The molecule has 0 aliphatic rings. The van der Waals surface area contributed by atoms with Crippen molar-refractivity contribution in [1.82, 2.24) is 0 Å². The van der Waals surface area contributed by atoms with Crippen LogP contribution in [0.2, 0.25) is 0 Å².